The lowest BCUT2D eigenvalue weighted by Crippen LogP contribution is -2.32. The molecule has 0 saturated heterocycles. The molecular formula is C12H20OS. The summed E-state index contributed by atoms with van der Waals surface area (Å²) in [7, 11) is 0. The van der Waals surface area contributed by atoms with E-state index < -0.39 is 0 Å². The van der Waals surface area contributed by atoms with E-state index in [9.17, 15) is 0 Å². The smallest absolute Gasteiger partial charge is 0.0695 e. The first-order chi connectivity index (χ1) is 6.86. The second-order valence-corrected chi connectivity index (χ2v) is 5.10. The Morgan fingerprint density at radius 2 is 1.93 bits per heavy atom. The number of rotatable bonds is 2. The first-order valence-electron chi connectivity index (χ1n) is 5.85. The molecule has 0 amide bonds. The zero-order valence-corrected chi connectivity index (χ0v) is 9.59. The molecule has 2 aliphatic carbocycles. The van der Waals surface area contributed by atoms with Crippen LogP contribution < -0.4 is 0 Å². The van der Waals surface area contributed by atoms with Crippen molar-refractivity contribution in [3.63, 3.8) is 0 Å². The summed E-state index contributed by atoms with van der Waals surface area (Å²) < 4.78 is 6.12. The minimum Gasteiger partial charge on any atom is -0.374 e. The maximum absolute atomic E-state index is 6.12. The largest absolute Gasteiger partial charge is 0.374 e. The molecule has 0 bridgehead atoms. The van der Waals surface area contributed by atoms with Gasteiger partial charge in [-0.1, -0.05) is 25.0 Å². The molecule has 1 nitrogen and oxygen atoms in total. The van der Waals surface area contributed by atoms with Gasteiger partial charge in [0.05, 0.1) is 12.2 Å². The Kier molecular flexibility index (Phi) is 3.94. The van der Waals surface area contributed by atoms with Crippen LogP contribution in [0.3, 0.4) is 0 Å². The predicted octanol–water partition coefficient (Wildman–Crippen LogP) is 3.35. The van der Waals surface area contributed by atoms with Crippen molar-refractivity contribution in [2.24, 2.45) is 0 Å². The molecule has 2 rings (SSSR count). The molecule has 0 aromatic carbocycles. The van der Waals surface area contributed by atoms with Gasteiger partial charge in [-0.3, -0.25) is 0 Å². The molecule has 2 aliphatic rings. The molecule has 80 valence electrons. The summed E-state index contributed by atoms with van der Waals surface area (Å²) in [6, 6.07) is 0. The van der Waals surface area contributed by atoms with Crippen molar-refractivity contribution in [3.05, 3.63) is 12.2 Å². The van der Waals surface area contributed by atoms with E-state index in [1.807, 2.05) is 0 Å². The van der Waals surface area contributed by atoms with E-state index in [1.54, 1.807) is 0 Å². The molecule has 0 N–H and O–H groups in total. The minimum absolute atomic E-state index is 0.420. The Labute approximate surface area is 92.3 Å². The van der Waals surface area contributed by atoms with E-state index in [-0.39, 0.29) is 0 Å². The Morgan fingerprint density at radius 3 is 2.64 bits per heavy atom. The normalized spacial score (nSPS) is 38.5. The molecule has 2 heteroatoms. The molecule has 1 fully saturated rings. The van der Waals surface area contributed by atoms with Crippen LogP contribution in [0.4, 0.5) is 0 Å². The summed E-state index contributed by atoms with van der Waals surface area (Å²) in [6.45, 7) is 0. The highest BCUT2D eigenvalue weighted by Crippen LogP contribution is 2.28. The fourth-order valence-electron chi connectivity index (χ4n) is 2.37. The van der Waals surface area contributed by atoms with Crippen molar-refractivity contribution < 1.29 is 4.74 Å². The van der Waals surface area contributed by atoms with Crippen molar-refractivity contribution in [2.45, 2.75) is 62.4 Å². The highest BCUT2D eigenvalue weighted by Gasteiger charge is 2.25. The zero-order chi connectivity index (χ0) is 9.80. The summed E-state index contributed by atoms with van der Waals surface area (Å²) in [5.41, 5.74) is 0. The third-order valence-electron chi connectivity index (χ3n) is 3.26. The van der Waals surface area contributed by atoms with E-state index in [0.717, 1.165) is 6.42 Å². The molecule has 3 unspecified atom stereocenters. The summed E-state index contributed by atoms with van der Waals surface area (Å²) in [4.78, 5) is 0. The van der Waals surface area contributed by atoms with Crippen LogP contribution in [0.1, 0.15) is 44.9 Å². The van der Waals surface area contributed by atoms with E-state index >= 15 is 0 Å². The average molecular weight is 212 g/mol. The van der Waals surface area contributed by atoms with Crippen molar-refractivity contribution >= 4 is 12.6 Å². The van der Waals surface area contributed by atoms with Gasteiger partial charge in [0.1, 0.15) is 0 Å². The number of hydrogen-bond donors (Lipinski definition) is 1. The fourth-order valence-corrected chi connectivity index (χ4v) is 2.77. The first-order valence-corrected chi connectivity index (χ1v) is 6.36. The molecule has 0 heterocycles. The van der Waals surface area contributed by atoms with Gasteiger partial charge in [0.15, 0.2) is 0 Å². The Morgan fingerprint density at radius 1 is 1.07 bits per heavy atom. The van der Waals surface area contributed by atoms with E-state index in [1.165, 1.54) is 38.5 Å². The SMILES string of the molecule is SC1CCCCC1OC1CC=CCC1. The number of allylic oxidation sites excluding steroid dienone is 1. The minimum atomic E-state index is 0.420. The Balaban J connectivity index is 1.80. The topological polar surface area (TPSA) is 9.23 Å². The standard InChI is InChI=1S/C12H20OS/c14-12-9-5-4-8-11(12)13-10-6-2-1-3-7-10/h1-2,10-12,14H,3-9H2. The Hall–Kier alpha value is 0.0500. The quantitative estimate of drug-likeness (QED) is 0.545. The van der Waals surface area contributed by atoms with Crippen LogP contribution in [-0.4, -0.2) is 17.5 Å². The van der Waals surface area contributed by atoms with Crippen LogP contribution in [0, 0.1) is 0 Å². The van der Waals surface area contributed by atoms with Gasteiger partial charge in [0.2, 0.25) is 0 Å². The summed E-state index contributed by atoms with van der Waals surface area (Å²) >= 11 is 4.61. The van der Waals surface area contributed by atoms with Crippen LogP contribution in [0.5, 0.6) is 0 Å². The lowest BCUT2D eigenvalue weighted by Gasteiger charge is -2.32. The van der Waals surface area contributed by atoms with Gasteiger partial charge in [-0.25, -0.2) is 0 Å². The molecule has 14 heavy (non-hydrogen) atoms. The molecule has 0 aliphatic heterocycles. The monoisotopic (exact) mass is 212 g/mol. The molecular weight excluding hydrogens is 192 g/mol. The van der Waals surface area contributed by atoms with E-state index in [4.69, 9.17) is 4.74 Å². The fraction of sp³-hybridized carbons (Fsp3) is 0.833. The van der Waals surface area contributed by atoms with Gasteiger partial charge < -0.3 is 4.74 Å². The average Bonchev–Trinajstić information content (AvgIpc) is 2.23. The lowest BCUT2D eigenvalue weighted by atomic mass is 9.96. The third-order valence-corrected chi connectivity index (χ3v) is 3.85. The second kappa shape index (κ2) is 5.22. The van der Waals surface area contributed by atoms with Crippen LogP contribution in [0.15, 0.2) is 12.2 Å². The van der Waals surface area contributed by atoms with Crippen molar-refractivity contribution in [1.29, 1.82) is 0 Å². The number of hydrogen-bond acceptors (Lipinski definition) is 2. The predicted molar refractivity (Wildman–Crippen MR) is 62.9 cm³/mol. The molecule has 0 aromatic heterocycles. The maximum atomic E-state index is 6.12. The number of thiol groups is 1. The summed E-state index contributed by atoms with van der Waals surface area (Å²) in [5, 5.41) is 0.481. The summed E-state index contributed by atoms with van der Waals surface area (Å²) in [5.74, 6) is 0. The van der Waals surface area contributed by atoms with E-state index in [0.29, 0.717) is 17.5 Å². The maximum Gasteiger partial charge on any atom is 0.0695 e. The molecule has 0 aromatic rings. The van der Waals surface area contributed by atoms with Gasteiger partial charge in [-0.05, 0) is 32.1 Å². The number of ether oxygens (including phenoxy) is 1. The second-order valence-electron chi connectivity index (χ2n) is 4.43. The molecule has 1 saturated carbocycles. The van der Waals surface area contributed by atoms with Crippen molar-refractivity contribution in [3.8, 4) is 0 Å². The van der Waals surface area contributed by atoms with Crippen LogP contribution in [0.25, 0.3) is 0 Å². The van der Waals surface area contributed by atoms with Gasteiger partial charge >= 0.3 is 0 Å². The summed E-state index contributed by atoms with van der Waals surface area (Å²) in [6.07, 6.45) is 14.0. The lowest BCUT2D eigenvalue weighted by molar-refractivity contribution is -0.0290. The van der Waals surface area contributed by atoms with Crippen LogP contribution in [0.2, 0.25) is 0 Å². The highest BCUT2D eigenvalue weighted by molar-refractivity contribution is 7.81. The molecule has 0 spiro atoms. The van der Waals surface area contributed by atoms with Crippen molar-refractivity contribution in [2.75, 3.05) is 0 Å². The van der Waals surface area contributed by atoms with Gasteiger partial charge in [0, 0.05) is 5.25 Å². The van der Waals surface area contributed by atoms with Crippen LogP contribution >= 0.6 is 12.6 Å². The zero-order valence-electron chi connectivity index (χ0n) is 8.69. The van der Waals surface area contributed by atoms with Gasteiger partial charge in [-0.15, -0.1) is 0 Å². The first kappa shape index (κ1) is 10.6. The Bertz CT molecular complexity index is 202. The third kappa shape index (κ3) is 2.77. The van der Waals surface area contributed by atoms with Gasteiger partial charge in [0.25, 0.3) is 0 Å². The highest BCUT2D eigenvalue weighted by atomic mass is 32.1. The molecule has 3 atom stereocenters. The van der Waals surface area contributed by atoms with Crippen molar-refractivity contribution in [1.82, 2.24) is 0 Å². The van der Waals surface area contributed by atoms with Crippen LogP contribution in [-0.2, 0) is 4.74 Å². The van der Waals surface area contributed by atoms with Gasteiger partial charge in [-0.2, -0.15) is 12.6 Å². The molecule has 0 radical (unpaired) electrons. The van der Waals surface area contributed by atoms with E-state index in [2.05, 4.69) is 24.8 Å².